The van der Waals surface area contributed by atoms with Crippen molar-refractivity contribution < 1.29 is 23.9 Å². The highest BCUT2D eigenvalue weighted by Gasteiger charge is 2.29. The van der Waals surface area contributed by atoms with Crippen molar-refractivity contribution in [2.75, 3.05) is 25.0 Å². The molecule has 2 saturated heterocycles. The molecule has 0 aliphatic carbocycles. The van der Waals surface area contributed by atoms with Crippen LogP contribution in [-0.2, 0) is 22.7 Å². The Morgan fingerprint density at radius 1 is 1.04 bits per heavy atom. The molecule has 276 valence electrons. The minimum Gasteiger partial charge on any atom is -0.481 e. The molecule has 54 heavy (non-hydrogen) atoms. The van der Waals surface area contributed by atoms with Gasteiger partial charge in [-0.3, -0.25) is 24.0 Å². The molecule has 0 saturated carbocycles. The quantitative estimate of drug-likeness (QED) is 0.139. The number of amides is 2. The number of carboxylic acid groups (broad SMARTS) is 1. The van der Waals surface area contributed by atoms with Crippen LogP contribution in [0.2, 0.25) is 0 Å². The molecular weight excluding hydrogens is 685 g/mol. The Labute approximate surface area is 312 Å². The Balaban J connectivity index is 1.01. The molecule has 4 N–H and O–H groups in total. The molecule has 13 heteroatoms. The van der Waals surface area contributed by atoms with Crippen molar-refractivity contribution in [2.24, 2.45) is 5.92 Å². The average molecular weight is 727 g/mol. The van der Waals surface area contributed by atoms with Gasteiger partial charge in [-0.2, -0.15) is 10.4 Å². The van der Waals surface area contributed by atoms with Crippen LogP contribution >= 0.6 is 0 Å². The second kappa shape index (κ2) is 14.5. The molecule has 2 amide bonds. The number of nitrogens with one attached hydrogen (secondary N) is 3. The second-order valence-corrected chi connectivity index (χ2v) is 14.7. The van der Waals surface area contributed by atoms with Crippen LogP contribution in [0.1, 0.15) is 76.6 Å². The summed E-state index contributed by atoms with van der Waals surface area (Å²) in [5.74, 6) is -0.943. The molecular formula is C41H42N8O5. The van der Waals surface area contributed by atoms with E-state index in [1.165, 1.54) is 0 Å². The lowest BCUT2D eigenvalue weighted by Crippen LogP contribution is -2.38. The minimum atomic E-state index is -0.778. The van der Waals surface area contributed by atoms with Crippen LogP contribution < -0.4 is 16.0 Å². The number of hydrogen-bond acceptors (Lipinski definition) is 9. The topological polar surface area (TPSA) is 178 Å². The standard InChI is InChI=1S/C41H42N8O5/c1-23-29(6-3-8-31(23)40-46-34-17-25(16-27(19-42)38(34)54-40)21-48-15-13-26(22-48)41(52)53)30-7-4-9-32(24(30)2)45-39(51)35-18-36-33(10-5-14-49(36)47-35)43-20-28-11-12-37(50)44-28/h3-4,6-9,16-18,26,28,33,43H,5,10-15,20-22H2,1-2H3,(H,44,50)(H,45,51)(H,52,53)/t26-,28+,33?/m1/s1. The van der Waals surface area contributed by atoms with E-state index in [1.54, 1.807) is 6.07 Å². The minimum absolute atomic E-state index is 0.0592. The lowest BCUT2D eigenvalue weighted by molar-refractivity contribution is -0.141. The van der Waals surface area contributed by atoms with E-state index >= 15 is 0 Å². The number of nitriles is 1. The van der Waals surface area contributed by atoms with Crippen molar-refractivity contribution in [3.8, 4) is 28.7 Å². The zero-order chi connectivity index (χ0) is 37.5. The fraction of sp³-hybridized carbons (Fsp3) is 0.366. The average Bonchev–Trinajstić information content (AvgIpc) is 3.98. The first-order valence-corrected chi connectivity index (χ1v) is 18.6. The fourth-order valence-electron chi connectivity index (χ4n) is 8.14. The largest absolute Gasteiger partial charge is 0.481 e. The molecule has 2 aromatic heterocycles. The number of carboxylic acids is 1. The summed E-state index contributed by atoms with van der Waals surface area (Å²) >= 11 is 0. The summed E-state index contributed by atoms with van der Waals surface area (Å²) in [5.41, 5.74) is 8.79. The molecule has 3 aliphatic heterocycles. The number of carbonyl (C=O) groups is 3. The number of rotatable bonds is 10. The molecule has 0 spiro atoms. The van der Waals surface area contributed by atoms with Crippen molar-refractivity contribution in [1.29, 1.82) is 5.26 Å². The number of anilines is 1. The molecule has 1 unspecified atom stereocenters. The first kappa shape index (κ1) is 35.2. The van der Waals surface area contributed by atoms with Gasteiger partial charge in [0.25, 0.3) is 5.91 Å². The second-order valence-electron chi connectivity index (χ2n) is 14.7. The summed E-state index contributed by atoms with van der Waals surface area (Å²) in [6, 6.07) is 19.8. The summed E-state index contributed by atoms with van der Waals surface area (Å²) < 4.78 is 8.17. The molecule has 5 aromatic rings. The summed E-state index contributed by atoms with van der Waals surface area (Å²) in [6.45, 7) is 7.11. The van der Waals surface area contributed by atoms with Gasteiger partial charge in [0.15, 0.2) is 11.3 Å². The first-order chi connectivity index (χ1) is 26.1. The third kappa shape index (κ3) is 6.86. The molecule has 8 rings (SSSR count). The lowest BCUT2D eigenvalue weighted by Gasteiger charge is -2.25. The van der Waals surface area contributed by atoms with Crippen LogP contribution in [0.3, 0.4) is 0 Å². The van der Waals surface area contributed by atoms with Gasteiger partial charge >= 0.3 is 5.97 Å². The molecule has 3 aliphatic rings. The number of carbonyl (C=O) groups excluding carboxylic acids is 2. The molecule has 3 atom stereocenters. The van der Waals surface area contributed by atoms with Crippen LogP contribution in [0.15, 0.2) is 59.0 Å². The van der Waals surface area contributed by atoms with Gasteiger partial charge in [-0.05, 0) is 104 Å². The molecule has 2 fully saturated rings. The summed E-state index contributed by atoms with van der Waals surface area (Å²) in [4.78, 5) is 43.6. The summed E-state index contributed by atoms with van der Waals surface area (Å²) in [5, 5.41) is 33.8. The predicted octanol–water partition coefficient (Wildman–Crippen LogP) is 5.71. The normalized spacial score (nSPS) is 19.8. The fourth-order valence-corrected chi connectivity index (χ4v) is 8.14. The van der Waals surface area contributed by atoms with Gasteiger partial charge in [-0.15, -0.1) is 0 Å². The van der Waals surface area contributed by atoms with Crippen molar-refractivity contribution in [1.82, 2.24) is 30.3 Å². The van der Waals surface area contributed by atoms with Crippen LogP contribution in [0, 0.1) is 31.1 Å². The van der Waals surface area contributed by atoms with Gasteiger partial charge < -0.3 is 25.5 Å². The Morgan fingerprint density at radius 3 is 2.59 bits per heavy atom. The number of aromatic nitrogens is 3. The third-order valence-corrected chi connectivity index (χ3v) is 11.1. The van der Waals surface area contributed by atoms with E-state index in [0.717, 1.165) is 64.9 Å². The number of aryl methyl sites for hydroxylation is 1. The van der Waals surface area contributed by atoms with Crippen molar-refractivity contribution in [3.63, 3.8) is 0 Å². The van der Waals surface area contributed by atoms with Gasteiger partial charge in [-0.1, -0.05) is 24.3 Å². The van der Waals surface area contributed by atoms with Gasteiger partial charge in [0, 0.05) is 55.9 Å². The Kier molecular flexibility index (Phi) is 9.47. The maximum atomic E-state index is 13.6. The number of aliphatic carboxylic acids is 1. The van der Waals surface area contributed by atoms with Crippen molar-refractivity contribution in [2.45, 2.75) is 71.1 Å². The zero-order valence-electron chi connectivity index (χ0n) is 30.3. The summed E-state index contributed by atoms with van der Waals surface area (Å²) in [6.07, 6.45) is 3.88. The maximum Gasteiger partial charge on any atom is 0.307 e. The summed E-state index contributed by atoms with van der Waals surface area (Å²) in [7, 11) is 0. The van der Waals surface area contributed by atoms with Gasteiger partial charge in [0.2, 0.25) is 11.8 Å². The SMILES string of the molecule is Cc1c(NC(=O)c2cc3n(n2)CCCC3NC[C@@H]2CCC(=O)N2)cccc1-c1cccc(-c2nc3cc(CN4CC[C@@H](C(=O)O)C4)cc(C#N)c3o2)c1C. The molecule has 5 heterocycles. The first-order valence-electron chi connectivity index (χ1n) is 18.6. The Bertz CT molecular complexity index is 2340. The molecule has 3 aromatic carbocycles. The molecule has 13 nitrogen and oxygen atoms in total. The number of hydrogen-bond donors (Lipinski definition) is 4. The highest BCUT2D eigenvalue weighted by Crippen LogP contribution is 2.37. The van der Waals surface area contributed by atoms with Crippen LogP contribution in [-0.4, -0.2) is 68.2 Å². The van der Waals surface area contributed by atoms with Crippen molar-refractivity contribution in [3.05, 3.63) is 88.2 Å². The van der Waals surface area contributed by atoms with E-state index in [2.05, 4.69) is 32.0 Å². The highest BCUT2D eigenvalue weighted by atomic mass is 16.4. The van der Waals surface area contributed by atoms with Crippen LogP contribution in [0.25, 0.3) is 33.7 Å². The van der Waals surface area contributed by atoms with Gasteiger partial charge in [-0.25, -0.2) is 4.98 Å². The molecule has 0 radical (unpaired) electrons. The number of oxazole rings is 1. The van der Waals surface area contributed by atoms with E-state index in [-0.39, 0.29) is 29.8 Å². The number of nitrogens with zero attached hydrogens (tertiary/aromatic N) is 5. The predicted molar refractivity (Wildman–Crippen MR) is 201 cm³/mol. The maximum absolute atomic E-state index is 13.6. The van der Waals surface area contributed by atoms with Gasteiger partial charge in [0.1, 0.15) is 11.6 Å². The Morgan fingerprint density at radius 2 is 1.83 bits per heavy atom. The van der Waals surface area contributed by atoms with Gasteiger partial charge in [0.05, 0.1) is 17.2 Å². The van der Waals surface area contributed by atoms with Crippen LogP contribution in [0.4, 0.5) is 5.69 Å². The van der Waals surface area contributed by atoms with Crippen molar-refractivity contribution >= 4 is 34.6 Å². The zero-order valence-corrected chi connectivity index (χ0v) is 30.3. The third-order valence-electron chi connectivity index (χ3n) is 11.1. The smallest absolute Gasteiger partial charge is 0.307 e. The highest BCUT2D eigenvalue weighted by molar-refractivity contribution is 6.04. The van der Waals surface area contributed by atoms with Crippen LogP contribution in [0.5, 0.6) is 0 Å². The Hall–Kier alpha value is -5.84. The van der Waals surface area contributed by atoms with E-state index in [4.69, 9.17) is 9.40 Å². The monoisotopic (exact) mass is 726 g/mol. The van der Waals surface area contributed by atoms with E-state index in [9.17, 15) is 24.8 Å². The number of benzene rings is 3. The van der Waals surface area contributed by atoms with E-state index < -0.39 is 5.97 Å². The lowest BCUT2D eigenvalue weighted by atomic mass is 9.93. The number of likely N-dealkylation sites (tertiary alicyclic amines) is 1. The van der Waals surface area contributed by atoms with E-state index in [1.807, 2.05) is 67.1 Å². The number of fused-ring (bicyclic) bond motifs is 2. The van der Waals surface area contributed by atoms with E-state index in [0.29, 0.717) is 73.0 Å². The molecule has 0 bridgehead atoms.